The second-order valence-corrected chi connectivity index (χ2v) is 25.7. The lowest BCUT2D eigenvalue weighted by Crippen LogP contribution is -2.49. The SMILES string of the molecule is C/C(=C\C(=O)C(C)(C)C)C(C)(C)C.CCO.COc1cccc(C(=O)NN)c1C.COc1cccc(C(=O)NN=C(/C=C(\C)C(C)(C)C)C(C)(C)C)c1C.COc1cccc(C(=O)NNC(/C=C(\C)C(C)(C)C)C(C)(C)C)c1C. The highest BCUT2D eigenvalue weighted by atomic mass is 16.5. The number of methoxy groups -OCH3 is 3. The Balaban J connectivity index is 0. The molecule has 0 radical (unpaired) electrons. The van der Waals surface area contributed by atoms with Gasteiger partial charge in [-0.25, -0.2) is 16.7 Å². The average molecular weight is 1100 g/mol. The van der Waals surface area contributed by atoms with Gasteiger partial charge in [0.15, 0.2) is 5.78 Å². The van der Waals surface area contributed by atoms with Crippen molar-refractivity contribution < 1.29 is 38.5 Å². The average Bonchev–Trinajstić information content (AvgIpc) is 3.32. The van der Waals surface area contributed by atoms with Crippen LogP contribution in [0, 0.1) is 53.3 Å². The molecular formula is C65H106N6O8. The summed E-state index contributed by atoms with van der Waals surface area (Å²) in [5.41, 5.74) is 19.2. The molecule has 0 aromatic heterocycles. The first-order chi connectivity index (χ1) is 35.9. The van der Waals surface area contributed by atoms with Gasteiger partial charge in [-0.15, -0.1) is 0 Å². The molecule has 1 atom stereocenters. The second-order valence-electron chi connectivity index (χ2n) is 25.7. The number of amides is 3. The van der Waals surface area contributed by atoms with Crippen LogP contribution in [0.2, 0.25) is 0 Å². The van der Waals surface area contributed by atoms with Crippen LogP contribution < -0.4 is 41.8 Å². The van der Waals surface area contributed by atoms with Gasteiger partial charge in [0.1, 0.15) is 17.2 Å². The molecule has 0 aliphatic carbocycles. The van der Waals surface area contributed by atoms with Crippen LogP contribution in [0.4, 0.5) is 0 Å². The number of nitrogens with zero attached hydrogens (tertiary/aromatic N) is 1. The Bertz CT molecular complexity index is 2560. The number of nitrogens with one attached hydrogen (secondary N) is 4. The van der Waals surface area contributed by atoms with E-state index in [1.807, 2.05) is 66.7 Å². The monoisotopic (exact) mass is 1100 g/mol. The van der Waals surface area contributed by atoms with Crippen molar-refractivity contribution >= 4 is 29.2 Å². The number of aliphatic hydroxyl groups excluding tert-OH is 1. The van der Waals surface area contributed by atoms with E-state index < -0.39 is 0 Å². The Morgan fingerprint density at radius 3 is 1.19 bits per heavy atom. The smallest absolute Gasteiger partial charge is 0.271 e. The molecule has 3 aromatic rings. The summed E-state index contributed by atoms with van der Waals surface area (Å²) in [7, 11) is 4.77. The zero-order valence-electron chi connectivity index (χ0n) is 54.0. The number of nitrogen functional groups attached to an aromatic ring is 1. The van der Waals surface area contributed by atoms with Crippen molar-refractivity contribution in [2.24, 2.45) is 43.4 Å². The number of allylic oxidation sites excluding steroid dienone is 5. The lowest BCUT2D eigenvalue weighted by molar-refractivity contribution is -0.121. The van der Waals surface area contributed by atoms with Crippen molar-refractivity contribution in [2.45, 2.75) is 179 Å². The number of ketones is 1. The summed E-state index contributed by atoms with van der Waals surface area (Å²) in [5, 5.41) is 12.0. The molecule has 0 spiro atoms. The fraction of sp³-hybridized carbons (Fsp3) is 0.554. The van der Waals surface area contributed by atoms with E-state index >= 15 is 0 Å². The number of benzene rings is 3. The van der Waals surface area contributed by atoms with Gasteiger partial charge in [-0.05, 0) is 119 Å². The van der Waals surface area contributed by atoms with Gasteiger partial charge in [0.25, 0.3) is 17.7 Å². The maximum Gasteiger partial charge on any atom is 0.271 e. The molecule has 0 heterocycles. The zero-order valence-corrected chi connectivity index (χ0v) is 54.0. The van der Waals surface area contributed by atoms with E-state index in [0.29, 0.717) is 33.9 Å². The van der Waals surface area contributed by atoms with Gasteiger partial charge < -0.3 is 19.3 Å². The molecule has 0 fully saturated rings. The minimum atomic E-state index is -0.309. The van der Waals surface area contributed by atoms with Crippen molar-refractivity contribution in [3.8, 4) is 17.2 Å². The Kier molecular flexibility index (Phi) is 31.2. The minimum absolute atomic E-state index is 0.0154. The Morgan fingerprint density at radius 1 is 0.544 bits per heavy atom. The second kappa shape index (κ2) is 32.9. The first kappa shape index (κ1) is 75.0. The van der Waals surface area contributed by atoms with Crippen LogP contribution in [-0.4, -0.2) is 68.3 Å². The fourth-order valence-corrected chi connectivity index (χ4v) is 6.18. The Morgan fingerprint density at radius 2 is 0.886 bits per heavy atom. The number of carbonyl (C=O) groups excluding carboxylic acids is 4. The van der Waals surface area contributed by atoms with Gasteiger partial charge in [-0.2, -0.15) is 5.10 Å². The summed E-state index contributed by atoms with van der Waals surface area (Å²) in [6.45, 7) is 51.7. The molecule has 14 heteroatoms. The van der Waals surface area contributed by atoms with Gasteiger partial charge in [-0.3, -0.25) is 30.0 Å². The van der Waals surface area contributed by atoms with Gasteiger partial charge in [0.2, 0.25) is 0 Å². The number of ether oxygens (including phenoxy) is 3. The zero-order chi connectivity index (χ0) is 62.2. The van der Waals surface area contributed by atoms with Gasteiger partial charge in [0.05, 0.1) is 27.0 Å². The fourth-order valence-electron chi connectivity index (χ4n) is 6.18. The molecule has 0 aliphatic rings. The normalized spacial score (nSPS) is 13.0. The van der Waals surface area contributed by atoms with Crippen LogP contribution >= 0.6 is 0 Å². The summed E-state index contributed by atoms with van der Waals surface area (Å²) in [6.07, 6.45) is 6.05. The number of rotatable bonds is 12. The van der Waals surface area contributed by atoms with E-state index in [-0.39, 0.29) is 68.6 Å². The minimum Gasteiger partial charge on any atom is -0.496 e. The quantitative estimate of drug-likeness (QED) is 0.0253. The molecule has 1 unspecified atom stereocenters. The molecule has 3 aromatic carbocycles. The van der Waals surface area contributed by atoms with E-state index in [1.165, 1.54) is 11.1 Å². The van der Waals surface area contributed by atoms with Gasteiger partial charge >= 0.3 is 0 Å². The van der Waals surface area contributed by atoms with Crippen LogP contribution in [-0.2, 0) is 4.79 Å². The number of hydrogen-bond donors (Lipinski definition) is 6. The largest absolute Gasteiger partial charge is 0.496 e. The van der Waals surface area contributed by atoms with Crippen molar-refractivity contribution in [3.05, 3.63) is 123 Å². The third-order valence-electron chi connectivity index (χ3n) is 13.1. The van der Waals surface area contributed by atoms with Crippen molar-refractivity contribution in [1.29, 1.82) is 0 Å². The molecule has 0 saturated heterocycles. The van der Waals surface area contributed by atoms with E-state index in [9.17, 15) is 19.2 Å². The molecular weight excluding hydrogens is 993 g/mol. The molecule has 7 N–H and O–H groups in total. The summed E-state index contributed by atoms with van der Waals surface area (Å²) < 4.78 is 15.6. The van der Waals surface area contributed by atoms with Crippen molar-refractivity contribution in [3.63, 3.8) is 0 Å². The number of hydrogen-bond acceptors (Lipinski definition) is 11. The lowest BCUT2D eigenvalue weighted by Gasteiger charge is -2.32. The molecule has 0 aliphatic heterocycles. The Labute approximate surface area is 478 Å². The van der Waals surface area contributed by atoms with Gasteiger partial charge in [-0.1, -0.05) is 166 Å². The number of nitrogens with two attached hydrogens (primary N) is 1. The topological polar surface area (TPSA) is 203 Å². The molecule has 0 saturated carbocycles. The molecule has 79 heavy (non-hydrogen) atoms. The predicted octanol–water partition coefficient (Wildman–Crippen LogP) is 14.0. The third kappa shape index (κ3) is 27.1. The van der Waals surface area contributed by atoms with Crippen LogP contribution in [0.5, 0.6) is 17.2 Å². The first-order valence-corrected chi connectivity index (χ1v) is 27.0. The van der Waals surface area contributed by atoms with Crippen molar-refractivity contribution in [2.75, 3.05) is 27.9 Å². The summed E-state index contributed by atoms with van der Waals surface area (Å²) in [6, 6.07) is 16.1. The predicted molar refractivity (Wildman–Crippen MR) is 330 cm³/mol. The lowest BCUT2D eigenvalue weighted by atomic mass is 9.81. The maximum absolute atomic E-state index is 12.6. The highest BCUT2D eigenvalue weighted by molar-refractivity contribution is 6.02. The first-order valence-electron chi connectivity index (χ1n) is 27.0. The number of hydrazone groups is 1. The maximum atomic E-state index is 12.6. The molecule has 3 amide bonds. The Hall–Kier alpha value is -6.09. The number of hydrazine groups is 2. The molecule has 14 nitrogen and oxygen atoms in total. The molecule has 3 rings (SSSR count). The van der Waals surface area contributed by atoms with Crippen LogP contribution in [0.1, 0.15) is 200 Å². The summed E-state index contributed by atoms with van der Waals surface area (Å²) >= 11 is 0. The summed E-state index contributed by atoms with van der Waals surface area (Å²) in [4.78, 5) is 48.0. The highest BCUT2D eigenvalue weighted by Crippen LogP contribution is 2.31. The van der Waals surface area contributed by atoms with Crippen LogP contribution in [0.3, 0.4) is 0 Å². The highest BCUT2D eigenvalue weighted by Gasteiger charge is 2.27. The van der Waals surface area contributed by atoms with Crippen LogP contribution in [0.25, 0.3) is 0 Å². The van der Waals surface area contributed by atoms with E-state index in [0.717, 1.165) is 28.0 Å². The van der Waals surface area contributed by atoms with E-state index in [2.05, 4.69) is 157 Å². The molecule has 0 bridgehead atoms. The number of aliphatic hydroxyl groups is 1. The van der Waals surface area contributed by atoms with Crippen LogP contribution in [0.15, 0.2) is 94.6 Å². The van der Waals surface area contributed by atoms with Gasteiger partial charge in [0, 0.05) is 56.9 Å². The number of carbonyl (C=O) groups is 4. The third-order valence-corrected chi connectivity index (χ3v) is 13.1. The standard InChI is InChI=1S/C21H34N2O2.C21H32N2O2.C12H22O.C9H12N2O2.C2H6O/c2*1-14(20(3,4)5)13-18(21(6,7)8)22-23-19(24)16-11-10-12-17(25-9)15(16)2;1-9(11(2,3)4)8-10(13)12(5,6)7;1-6-7(9(12)11-10)4-3-5-8(6)13-2;1-2-3/h10-13,18,22H,1-9H3,(H,23,24);10-13H,1-9H3,(H,23,24);8H,1-7H3;3-5H,10H2,1-2H3,(H,11,12);3H,2H2,1H3/b14-13+;14-13+,22-18?;9-8+;;. The van der Waals surface area contributed by atoms with E-state index in [4.69, 9.17) is 25.2 Å². The molecule has 444 valence electrons. The summed E-state index contributed by atoms with van der Waals surface area (Å²) in [5.74, 6) is 6.61. The van der Waals surface area contributed by atoms with E-state index in [1.54, 1.807) is 70.7 Å². The van der Waals surface area contributed by atoms with Crippen molar-refractivity contribution in [1.82, 2.24) is 21.7 Å².